The molecule has 5 aliphatic rings. The number of ether oxygens (including phenoxy) is 4. The van der Waals surface area contributed by atoms with Crippen molar-refractivity contribution in [2.45, 2.75) is 98.9 Å². The molecular formula is C42H77BN5O10. The molecule has 4 fully saturated rings. The molecule has 5 rings (SSSR count). The van der Waals surface area contributed by atoms with Crippen LogP contribution in [0.15, 0.2) is 12.2 Å². The predicted octanol–water partition coefficient (Wildman–Crippen LogP) is 2.17. The van der Waals surface area contributed by atoms with Crippen molar-refractivity contribution in [2.24, 2.45) is 40.4 Å². The molecule has 10 atom stereocenters. The lowest BCUT2D eigenvalue weighted by atomic mass is 9.80. The SMILES string of the molecule is CC1C(CO)NC(=O)C1(C)C.COCC1C(C)C(C)(C)C(=O)N1C.COCC1C(C)C(C)C(=O)N1C.COCC1C(C)CC(=O)N1C.COCC1C=CC(=O)N1C.[B]. The van der Waals surface area contributed by atoms with Crippen LogP contribution in [0.3, 0.4) is 0 Å². The summed E-state index contributed by atoms with van der Waals surface area (Å²) in [5.74, 6) is 2.35. The largest absolute Gasteiger partial charge is 0.394 e. The van der Waals surface area contributed by atoms with Crippen LogP contribution in [0.4, 0.5) is 0 Å². The first-order valence-corrected chi connectivity index (χ1v) is 20.1. The van der Waals surface area contributed by atoms with Gasteiger partial charge >= 0.3 is 0 Å². The minimum atomic E-state index is -0.326. The fourth-order valence-corrected chi connectivity index (χ4v) is 7.78. The third-order valence-electron chi connectivity index (χ3n) is 13.3. The number of rotatable bonds is 9. The molecular weight excluding hydrogens is 745 g/mol. The summed E-state index contributed by atoms with van der Waals surface area (Å²) in [4.78, 5) is 63.6. The maximum absolute atomic E-state index is 11.8. The van der Waals surface area contributed by atoms with Crippen LogP contribution in [0.1, 0.15) is 68.7 Å². The molecule has 5 aliphatic heterocycles. The van der Waals surface area contributed by atoms with E-state index in [0.717, 1.165) is 0 Å². The number of hydrogen-bond donors (Lipinski definition) is 2. The molecule has 4 saturated heterocycles. The van der Waals surface area contributed by atoms with Crippen LogP contribution in [0.2, 0.25) is 0 Å². The highest BCUT2D eigenvalue weighted by molar-refractivity contribution is 5.90. The van der Waals surface area contributed by atoms with Crippen LogP contribution in [0.25, 0.3) is 0 Å². The molecule has 2 N–H and O–H groups in total. The third-order valence-corrected chi connectivity index (χ3v) is 13.3. The molecule has 0 aromatic heterocycles. The van der Waals surface area contributed by atoms with Crippen LogP contribution in [-0.4, -0.2) is 183 Å². The monoisotopic (exact) mass is 823 g/mol. The van der Waals surface area contributed by atoms with E-state index in [1.807, 2.05) is 73.7 Å². The lowest BCUT2D eigenvalue weighted by molar-refractivity contribution is -0.135. The quantitative estimate of drug-likeness (QED) is 0.329. The minimum Gasteiger partial charge on any atom is -0.394 e. The van der Waals surface area contributed by atoms with Gasteiger partial charge in [-0.1, -0.05) is 68.4 Å². The summed E-state index contributed by atoms with van der Waals surface area (Å²) >= 11 is 0. The average Bonchev–Trinajstić information content (AvgIpc) is 3.79. The Balaban J connectivity index is 0.000000699. The second-order valence-corrected chi connectivity index (χ2v) is 17.4. The predicted molar refractivity (Wildman–Crippen MR) is 226 cm³/mol. The van der Waals surface area contributed by atoms with Crippen molar-refractivity contribution in [1.82, 2.24) is 24.9 Å². The molecule has 5 heterocycles. The van der Waals surface area contributed by atoms with Gasteiger partial charge in [-0.05, 0) is 23.7 Å². The Bertz CT molecular complexity index is 1370. The van der Waals surface area contributed by atoms with E-state index < -0.39 is 0 Å². The zero-order chi connectivity index (χ0) is 44.2. The number of likely N-dealkylation sites (tertiary alicyclic amines) is 3. The Kier molecular flexibility index (Phi) is 23.0. The van der Waals surface area contributed by atoms with Gasteiger partial charge in [-0.15, -0.1) is 0 Å². The maximum atomic E-state index is 11.8. The van der Waals surface area contributed by atoms with Gasteiger partial charge in [0.25, 0.3) is 0 Å². The van der Waals surface area contributed by atoms with Crippen LogP contribution in [0, 0.1) is 40.4 Å². The normalized spacial score (nSPS) is 31.7. The van der Waals surface area contributed by atoms with E-state index in [4.69, 9.17) is 24.1 Å². The number of amides is 5. The summed E-state index contributed by atoms with van der Waals surface area (Å²) in [7, 11) is 14.0. The van der Waals surface area contributed by atoms with Crippen LogP contribution < -0.4 is 5.32 Å². The first-order valence-electron chi connectivity index (χ1n) is 20.1. The number of likely N-dealkylation sites (N-methyl/N-ethyl adjacent to an activating group) is 4. The topological polar surface area (TPSA) is 167 Å². The first-order chi connectivity index (χ1) is 26.4. The molecule has 0 aromatic rings. The van der Waals surface area contributed by atoms with Crippen LogP contribution in [-0.2, 0) is 42.9 Å². The molecule has 0 aliphatic carbocycles. The first kappa shape index (κ1) is 55.0. The van der Waals surface area contributed by atoms with Gasteiger partial charge in [-0.25, -0.2) is 0 Å². The summed E-state index contributed by atoms with van der Waals surface area (Å²) in [6.45, 7) is 20.7. The molecule has 3 radical (unpaired) electrons. The van der Waals surface area contributed by atoms with Gasteiger partial charge < -0.3 is 49.0 Å². The summed E-state index contributed by atoms with van der Waals surface area (Å²) in [5, 5.41) is 11.6. The fraction of sp³-hybridized carbons (Fsp3) is 0.833. The highest BCUT2D eigenvalue weighted by Gasteiger charge is 2.49. The van der Waals surface area contributed by atoms with Gasteiger partial charge in [-0.3, -0.25) is 24.0 Å². The summed E-state index contributed by atoms with van der Waals surface area (Å²) < 4.78 is 20.1. The molecule has 16 heteroatoms. The second-order valence-electron chi connectivity index (χ2n) is 17.4. The van der Waals surface area contributed by atoms with E-state index in [2.05, 4.69) is 26.1 Å². The molecule has 5 amide bonds. The number of nitrogens with zero attached hydrogens (tertiary/aromatic N) is 4. The van der Waals surface area contributed by atoms with Crippen molar-refractivity contribution in [3.8, 4) is 0 Å². The Morgan fingerprint density at radius 3 is 1.50 bits per heavy atom. The highest BCUT2D eigenvalue weighted by Crippen LogP contribution is 2.40. The molecule has 0 bridgehead atoms. The lowest BCUT2D eigenvalue weighted by Crippen LogP contribution is -2.34. The van der Waals surface area contributed by atoms with E-state index in [0.29, 0.717) is 50.6 Å². The molecule has 0 spiro atoms. The van der Waals surface area contributed by atoms with Gasteiger partial charge in [0, 0.05) is 94.3 Å². The van der Waals surface area contributed by atoms with Crippen molar-refractivity contribution in [3.05, 3.63) is 12.2 Å². The number of methoxy groups -OCH3 is 4. The lowest BCUT2D eigenvalue weighted by Gasteiger charge is -2.23. The number of nitrogens with one attached hydrogen (secondary N) is 1. The second kappa shape index (κ2) is 24.3. The Hall–Kier alpha value is -3.05. The number of hydrogen-bond acceptors (Lipinski definition) is 10. The fourth-order valence-electron chi connectivity index (χ4n) is 7.78. The standard InChI is InChI=1S/C10H19NO2.C9H17NO2.2C8H15NO2.C7H11NO2.B/c1-7-8(6-13-5)11(4)9(12)10(7,2)3;1-6-7(2)9(11)10(3)8(6)5-12-4;1-6-4-8(10)9(2)7(6)5-11-3;1-5-6(4-10)9-7(11)8(5,2)3;1-8-6(5-10-2)3-4-7(8)9;/h7-8H,6H2,1-5H3;6-8H,5H2,1-4H3;6-7H,4-5H2,1-3H3;5-6,10H,4H2,1-3H3,(H,9,11);3-4,6H,5H2,1-2H3;. The van der Waals surface area contributed by atoms with Gasteiger partial charge in [-0.2, -0.15) is 0 Å². The van der Waals surface area contributed by atoms with E-state index >= 15 is 0 Å². The number of carbonyl (C=O) groups excluding carboxylic acids is 5. The minimum absolute atomic E-state index is 0. The Labute approximate surface area is 351 Å². The summed E-state index contributed by atoms with van der Waals surface area (Å²) in [5.41, 5.74) is -0.564. The van der Waals surface area contributed by atoms with E-state index in [1.165, 1.54) is 0 Å². The van der Waals surface area contributed by atoms with Gasteiger partial charge in [0.15, 0.2) is 0 Å². The van der Waals surface area contributed by atoms with Crippen molar-refractivity contribution in [3.63, 3.8) is 0 Å². The van der Waals surface area contributed by atoms with Gasteiger partial charge in [0.2, 0.25) is 29.5 Å². The number of carbonyl (C=O) groups is 5. The molecule has 0 saturated carbocycles. The van der Waals surface area contributed by atoms with E-state index in [1.54, 1.807) is 56.3 Å². The van der Waals surface area contributed by atoms with Crippen molar-refractivity contribution in [1.29, 1.82) is 0 Å². The molecule has 58 heavy (non-hydrogen) atoms. The van der Waals surface area contributed by atoms with Crippen molar-refractivity contribution >= 4 is 37.9 Å². The Morgan fingerprint density at radius 1 is 0.690 bits per heavy atom. The van der Waals surface area contributed by atoms with Crippen molar-refractivity contribution < 1.29 is 48.0 Å². The molecule has 15 nitrogen and oxygen atoms in total. The average molecular weight is 823 g/mol. The summed E-state index contributed by atoms with van der Waals surface area (Å²) in [6.07, 6.45) is 4.10. The molecule has 0 aromatic carbocycles. The van der Waals surface area contributed by atoms with Gasteiger partial charge in [0.1, 0.15) is 0 Å². The highest BCUT2D eigenvalue weighted by atomic mass is 16.5. The van der Waals surface area contributed by atoms with E-state index in [9.17, 15) is 24.0 Å². The molecule has 10 unspecified atom stereocenters. The van der Waals surface area contributed by atoms with Crippen LogP contribution >= 0.6 is 0 Å². The van der Waals surface area contributed by atoms with Gasteiger partial charge in [0.05, 0.1) is 63.2 Å². The van der Waals surface area contributed by atoms with E-state index in [-0.39, 0.29) is 97.4 Å². The zero-order valence-electron chi connectivity index (χ0n) is 38.7. The number of aliphatic hydroxyl groups excluding tert-OH is 1. The maximum Gasteiger partial charge on any atom is 0.246 e. The number of aliphatic hydroxyl groups is 1. The zero-order valence-corrected chi connectivity index (χ0v) is 38.7. The third kappa shape index (κ3) is 13.2. The van der Waals surface area contributed by atoms with Crippen LogP contribution in [0.5, 0.6) is 0 Å². The summed E-state index contributed by atoms with van der Waals surface area (Å²) in [6, 6.07) is 0.854. The smallest absolute Gasteiger partial charge is 0.246 e. The van der Waals surface area contributed by atoms with Crippen molar-refractivity contribution in [2.75, 3.05) is 89.7 Å². The Morgan fingerprint density at radius 2 is 1.19 bits per heavy atom. The molecule has 333 valence electrons.